The van der Waals surface area contributed by atoms with Gasteiger partial charge < -0.3 is 10.5 Å². The first-order valence-corrected chi connectivity index (χ1v) is 9.51. The minimum absolute atomic E-state index is 0.00464. The van der Waals surface area contributed by atoms with E-state index in [0.29, 0.717) is 10.6 Å². The lowest BCUT2D eigenvalue weighted by Crippen LogP contribution is -2.37. The molecule has 0 spiro atoms. The van der Waals surface area contributed by atoms with Crippen molar-refractivity contribution in [2.24, 2.45) is 5.73 Å². The molecule has 0 amide bonds. The Morgan fingerprint density at radius 2 is 2.24 bits per heavy atom. The molecule has 1 aliphatic rings. The second-order valence-corrected chi connectivity index (χ2v) is 8.39. The third kappa shape index (κ3) is 3.32. The van der Waals surface area contributed by atoms with Crippen molar-refractivity contribution < 1.29 is 13.2 Å². The smallest absolute Gasteiger partial charge is 0.246 e. The topological polar surface area (TPSA) is 72.6 Å². The van der Waals surface area contributed by atoms with E-state index in [9.17, 15) is 8.42 Å². The third-order valence-electron chi connectivity index (χ3n) is 3.60. The van der Waals surface area contributed by atoms with Crippen LogP contribution in [0.2, 0.25) is 5.02 Å². The van der Waals surface area contributed by atoms with Crippen LogP contribution >= 0.6 is 23.4 Å². The van der Waals surface area contributed by atoms with Crippen LogP contribution in [-0.4, -0.2) is 44.4 Å². The van der Waals surface area contributed by atoms with Gasteiger partial charge in [0.2, 0.25) is 10.0 Å². The molecular formula is C13H19ClN2O3S2. The molecule has 1 atom stereocenters. The first-order valence-electron chi connectivity index (χ1n) is 6.54. The number of nitrogens with two attached hydrogens (primary N) is 1. The van der Waals surface area contributed by atoms with Gasteiger partial charge in [0.25, 0.3) is 0 Å². The molecule has 5 nitrogen and oxygen atoms in total. The number of ether oxygens (including phenoxy) is 1. The standard InChI is InChI=1S/C13H19ClN2O3S2/c1-16(11-3-4-20-8-11)21(17,18)12-6-10(14)5-9(7-15)13(12)19-2/h5-6,11H,3-4,7-8,15H2,1-2H3. The average molecular weight is 351 g/mol. The number of halogens is 1. The summed E-state index contributed by atoms with van der Waals surface area (Å²) in [5.41, 5.74) is 6.24. The number of thioether (sulfide) groups is 1. The zero-order valence-electron chi connectivity index (χ0n) is 12.0. The molecule has 1 unspecified atom stereocenters. The van der Waals surface area contributed by atoms with Crippen LogP contribution in [0.1, 0.15) is 12.0 Å². The van der Waals surface area contributed by atoms with Gasteiger partial charge in [-0.1, -0.05) is 11.6 Å². The third-order valence-corrected chi connectivity index (χ3v) is 6.88. The molecule has 1 aromatic carbocycles. The summed E-state index contributed by atoms with van der Waals surface area (Å²) in [5, 5.41) is 0.337. The Kier molecular flexibility index (Phi) is 5.43. The normalized spacial score (nSPS) is 19.2. The molecule has 0 saturated carbocycles. The summed E-state index contributed by atoms with van der Waals surface area (Å²) in [5.74, 6) is 2.06. The van der Waals surface area contributed by atoms with Gasteiger partial charge >= 0.3 is 0 Å². The Hall–Kier alpha value is -0.470. The lowest BCUT2D eigenvalue weighted by atomic mass is 10.2. The quantitative estimate of drug-likeness (QED) is 0.878. The zero-order chi connectivity index (χ0) is 15.6. The molecule has 2 rings (SSSR count). The van der Waals surface area contributed by atoms with E-state index in [-0.39, 0.29) is 23.2 Å². The van der Waals surface area contributed by atoms with Crippen molar-refractivity contribution in [1.29, 1.82) is 0 Å². The first-order chi connectivity index (χ1) is 9.91. The van der Waals surface area contributed by atoms with Crippen molar-refractivity contribution in [2.75, 3.05) is 25.7 Å². The predicted molar refractivity (Wildman–Crippen MR) is 86.6 cm³/mol. The van der Waals surface area contributed by atoms with Crippen LogP contribution in [0.15, 0.2) is 17.0 Å². The largest absolute Gasteiger partial charge is 0.495 e. The van der Waals surface area contributed by atoms with E-state index in [4.69, 9.17) is 22.1 Å². The highest BCUT2D eigenvalue weighted by Gasteiger charge is 2.33. The van der Waals surface area contributed by atoms with Gasteiger partial charge in [-0.05, 0) is 24.3 Å². The van der Waals surface area contributed by atoms with Gasteiger partial charge in [0.1, 0.15) is 10.6 Å². The lowest BCUT2D eigenvalue weighted by Gasteiger charge is -2.24. The van der Waals surface area contributed by atoms with Crippen LogP contribution in [0.5, 0.6) is 5.75 Å². The van der Waals surface area contributed by atoms with E-state index in [1.807, 2.05) is 0 Å². The van der Waals surface area contributed by atoms with Crippen molar-refractivity contribution in [2.45, 2.75) is 23.9 Å². The SMILES string of the molecule is COc1c(CN)cc(Cl)cc1S(=O)(=O)N(C)C1CCSC1. The molecule has 1 aromatic rings. The molecule has 0 bridgehead atoms. The number of rotatable bonds is 5. The summed E-state index contributed by atoms with van der Waals surface area (Å²) in [4.78, 5) is 0.0809. The zero-order valence-corrected chi connectivity index (χ0v) is 14.4. The van der Waals surface area contributed by atoms with Crippen LogP contribution in [0, 0.1) is 0 Å². The van der Waals surface area contributed by atoms with E-state index < -0.39 is 10.0 Å². The van der Waals surface area contributed by atoms with Crippen LogP contribution in [0.4, 0.5) is 0 Å². The van der Waals surface area contributed by atoms with E-state index >= 15 is 0 Å². The van der Waals surface area contributed by atoms with Crippen LogP contribution in [0.25, 0.3) is 0 Å². The Labute approximate surface area is 134 Å². The molecule has 1 heterocycles. The van der Waals surface area contributed by atoms with Crippen LogP contribution in [-0.2, 0) is 16.6 Å². The molecular weight excluding hydrogens is 332 g/mol. The first kappa shape index (κ1) is 16.9. The molecule has 1 saturated heterocycles. The highest BCUT2D eigenvalue weighted by Crippen LogP contribution is 2.35. The number of hydrogen-bond acceptors (Lipinski definition) is 5. The number of hydrogen-bond donors (Lipinski definition) is 1. The van der Waals surface area contributed by atoms with E-state index in [2.05, 4.69) is 0 Å². The average Bonchev–Trinajstić information content (AvgIpc) is 2.99. The highest BCUT2D eigenvalue weighted by atomic mass is 35.5. The summed E-state index contributed by atoms with van der Waals surface area (Å²) < 4.78 is 32.4. The van der Waals surface area contributed by atoms with Crippen molar-refractivity contribution in [3.8, 4) is 5.75 Å². The summed E-state index contributed by atoms with van der Waals surface area (Å²) >= 11 is 7.79. The minimum Gasteiger partial charge on any atom is -0.495 e. The van der Waals surface area contributed by atoms with Crippen LogP contribution < -0.4 is 10.5 Å². The van der Waals surface area contributed by atoms with Gasteiger partial charge in [0, 0.05) is 36.0 Å². The summed E-state index contributed by atoms with van der Waals surface area (Å²) in [6.45, 7) is 0.162. The number of methoxy groups -OCH3 is 1. The Morgan fingerprint density at radius 1 is 1.52 bits per heavy atom. The number of benzene rings is 1. The van der Waals surface area contributed by atoms with E-state index in [1.165, 1.54) is 17.5 Å². The molecule has 1 aliphatic heterocycles. The van der Waals surface area contributed by atoms with Gasteiger partial charge in [-0.25, -0.2) is 8.42 Å². The molecule has 2 N–H and O–H groups in total. The number of sulfonamides is 1. The summed E-state index contributed by atoms with van der Waals surface area (Å²) in [7, 11) is -0.622. The van der Waals surface area contributed by atoms with Crippen LogP contribution in [0.3, 0.4) is 0 Å². The summed E-state index contributed by atoms with van der Waals surface area (Å²) in [6.07, 6.45) is 0.854. The van der Waals surface area contributed by atoms with Gasteiger partial charge in [-0.2, -0.15) is 16.1 Å². The fourth-order valence-corrected chi connectivity index (χ4v) is 5.63. The highest BCUT2D eigenvalue weighted by molar-refractivity contribution is 7.99. The maximum absolute atomic E-state index is 12.9. The molecule has 0 aliphatic carbocycles. The minimum atomic E-state index is -3.67. The fourth-order valence-electron chi connectivity index (χ4n) is 2.36. The summed E-state index contributed by atoms with van der Waals surface area (Å²) in [6, 6.07) is 3.06. The second kappa shape index (κ2) is 6.75. The molecule has 1 fully saturated rings. The maximum Gasteiger partial charge on any atom is 0.246 e. The van der Waals surface area contributed by atoms with E-state index in [0.717, 1.165) is 17.9 Å². The fraction of sp³-hybridized carbons (Fsp3) is 0.538. The van der Waals surface area contributed by atoms with Gasteiger partial charge in [0.15, 0.2) is 0 Å². The molecule has 0 radical (unpaired) electrons. The van der Waals surface area contributed by atoms with Crippen molar-refractivity contribution in [1.82, 2.24) is 4.31 Å². The predicted octanol–water partition coefficient (Wildman–Crippen LogP) is 1.93. The molecule has 0 aromatic heterocycles. The Balaban J connectivity index is 2.50. The Bertz CT molecular complexity index is 616. The van der Waals surface area contributed by atoms with Gasteiger partial charge in [-0.15, -0.1) is 0 Å². The molecule has 21 heavy (non-hydrogen) atoms. The van der Waals surface area contributed by atoms with Crippen molar-refractivity contribution in [3.05, 3.63) is 22.7 Å². The van der Waals surface area contributed by atoms with E-state index in [1.54, 1.807) is 24.9 Å². The van der Waals surface area contributed by atoms with Gasteiger partial charge in [0.05, 0.1) is 7.11 Å². The van der Waals surface area contributed by atoms with Crippen molar-refractivity contribution >= 4 is 33.4 Å². The monoisotopic (exact) mass is 350 g/mol. The maximum atomic E-state index is 12.9. The Morgan fingerprint density at radius 3 is 2.76 bits per heavy atom. The second-order valence-electron chi connectivity index (χ2n) is 4.84. The van der Waals surface area contributed by atoms with Gasteiger partial charge in [-0.3, -0.25) is 0 Å². The lowest BCUT2D eigenvalue weighted by molar-refractivity contribution is 0.378. The van der Waals surface area contributed by atoms with Crippen molar-refractivity contribution in [3.63, 3.8) is 0 Å². The molecule has 8 heteroatoms. The number of nitrogens with zero attached hydrogens (tertiary/aromatic N) is 1. The molecule has 118 valence electrons.